The summed E-state index contributed by atoms with van der Waals surface area (Å²) in [4.78, 5) is 0.0845. The number of benzene rings is 3. The van der Waals surface area contributed by atoms with Crippen molar-refractivity contribution >= 4 is 33.2 Å². The fraction of sp³-hybridized carbons (Fsp3) is 0.0952. The zero-order valence-electron chi connectivity index (χ0n) is 16.1. The summed E-state index contributed by atoms with van der Waals surface area (Å²) < 4.78 is 28.3. The van der Waals surface area contributed by atoms with Gasteiger partial charge in [0, 0.05) is 18.7 Å². The quantitative estimate of drug-likeness (QED) is 0.424. The maximum atomic E-state index is 13.5. The van der Waals surface area contributed by atoms with E-state index in [1.165, 1.54) is 22.5 Å². The maximum Gasteiger partial charge on any atom is 0.243 e. The molecule has 0 aliphatic rings. The lowest BCUT2D eigenvalue weighted by atomic mass is 10.1. The third-order valence-corrected chi connectivity index (χ3v) is 7.17. The van der Waals surface area contributed by atoms with Crippen molar-refractivity contribution in [2.45, 2.75) is 18.0 Å². The Labute approximate surface area is 189 Å². The van der Waals surface area contributed by atoms with Gasteiger partial charge in [0.15, 0.2) is 0 Å². The van der Waals surface area contributed by atoms with E-state index < -0.39 is 10.0 Å². The molecule has 0 fully saturated rings. The number of sulfonamides is 1. The van der Waals surface area contributed by atoms with Gasteiger partial charge in [0.1, 0.15) is 0 Å². The first-order valence-electron chi connectivity index (χ1n) is 9.25. The van der Waals surface area contributed by atoms with Crippen LogP contribution in [0, 0.1) is 0 Å². The summed E-state index contributed by atoms with van der Waals surface area (Å²) in [6.07, 6.45) is 0. The fourth-order valence-corrected chi connectivity index (χ4v) is 4.85. The zero-order chi connectivity index (χ0) is 21.8. The lowest BCUT2D eigenvalue weighted by molar-refractivity contribution is 0.401. The van der Waals surface area contributed by atoms with Crippen molar-refractivity contribution in [2.24, 2.45) is 0 Å². The molecule has 0 bridgehead atoms. The van der Waals surface area contributed by atoms with Crippen LogP contribution in [-0.4, -0.2) is 33.3 Å². The molecule has 0 amide bonds. The van der Waals surface area contributed by atoms with Gasteiger partial charge in [-0.25, -0.2) is 8.42 Å². The molecule has 1 N–H and O–H groups in total. The first-order valence-corrected chi connectivity index (χ1v) is 11.4. The van der Waals surface area contributed by atoms with E-state index >= 15 is 0 Å². The lowest BCUT2D eigenvalue weighted by Crippen LogP contribution is -2.30. The van der Waals surface area contributed by atoms with E-state index in [4.69, 9.17) is 23.2 Å². The van der Waals surface area contributed by atoms with Crippen molar-refractivity contribution in [1.29, 1.82) is 0 Å². The molecule has 4 aromatic rings. The minimum Gasteiger partial charge on any atom is -0.207 e. The number of hydrogen-bond acceptors (Lipinski definition) is 5. The zero-order valence-corrected chi connectivity index (χ0v) is 18.4. The number of hydrogen-bond donors (Lipinski definition) is 1. The first kappa shape index (κ1) is 21.5. The van der Waals surface area contributed by atoms with Gasteiger partial charge in [-0.2, -0.15) is 9.52 Å². The monoisotopic (exact) mass is 473 g/mol. The van der Waals surface area contributed by atoms with Crippen LogP contribution < -0.4 is 0 Å². The van der Waals surface area contributed by atoms with Gasteiger partial charge in [-0.3, -0.25) is 0 Å². The number of nitrogens with zero attached hydrogens (tertiary/aromatic N) is 4. The minimum absolute atomic E-state index is 0.0845. The van der Waals surface area contributed by atoms with Gasteiger partial charge in [0.25, 0.3) is 0 Å². The Hall–Kier alpha value is -2.78. The number of nitrogens with one attached hydrogen (secondary N) is 1. The number of H-pyrrole nitrogens is 1. The van der Waals surface area contributed by atoms with Crippen molar-refractivity contribution in [2.75, 3.05) is 0 Å². The Kier molecular flexibility index (Phi) is 6.33. The molecule has 0 spiro atoms. The molecule has 0 aliphatic carbocycles. The van der Waals surface area contributed by atoms with Gasteiger partial charge in [0.05, 0.1) is 14.9 Å². The third-order valence-electron chi connectivity index (χ3n) is 4.65. The standard InChI is InChI=1S/C21H17Cl2N5O2S/c22-19-11-10-18(12-20(19)23)31(29,30)28(13-15-4-2-1-3-5-15)14-16-6-8-17(9-7-16)21-24-26-27-25-21/h1-12H,13-14H2,(H,24,25,26,27). The second-order valence-electron chi connectivity index (χ2n) is 6.77. The second-order valence-corrected chi connectivity index (χ2v) is 9.52. The molecule has 1 aromatic heterocycles. The molecule has 10 heteroatoms. The molecule has 0 atom stereocenters. The molecule has 0 saturated heterocycles. The molecule has 0 saturated carbocycles. The Bertz CT molecular complexity index is 1270. The Morgan fingerprint density at radius 2 is 1.52 bits per heavy atom. The third kappa shape index (κ3) is 4.94. The highest BCUT2D eigenvalue weighted by atomic mass is 35.5. The highest BCUT2D eigenvalue weighted by molar-refractivity contribution is 7.89. The molecule has 158 valence electrons. The van der Waals surface area contributed by atoms with Gasteiger partial charge in [-0.05, 0) is 34.5 Å². The van der Waals surface area contributed by atoms with E-state index in [2.05, 4.69) is 20.6 Å². The highest BCUT2D eigenvalue weighted by Gasteiger charge is 2.26. The highest BCUT2D eigenvalue weighted by Crippen LogP contribution is 2.28. The van der Waals surface area contributed by atoms with Crippen LogP contribution in [0.1, 0.15) is 11.1 Å². The Morgan fingerprint density at radius 3 is 2.13 bits per heavy atom. The van der Waals surface area contributed by atoms with Crippen LogP contribution in [0.4, 0.5) is 0 Å². The second kappa shape index (κ2) is 9.15. The summed E-state index contributed by atoms with van der Waals surface area (Å²) in [5.41, 5.74) is 2.46. The van der Waals surface area contributed by atoms with E-state index in [1.807, 2.05) is 54.6 Å². The molecular weight excluding hydrogens is 457 g/mol. The lowest BCUT2D eigenvalue weighted by Gasteiger charge is -2.23. The van der Waals surface area contributed by atoms with Crippen LogP contribution in [0.2, 0.25) is 10.0 Å². The van der Waals surface area contributed by atoms with Crippen LogP contribution in [0.25, 0.3) is 11.4 Å². The summed E-state index contributed by atoms with van der Waals surface area (Å²) >= 11 is 12.0. The molecular formula is C21H17Cl2N5O2S. The molecule has 7 nitrogen and oxygen atoms in total. The molecule has 0 aliphatic heterocycles. The van der Waals surface area contributed by atoms with Gasteiger partial charge in [0.2, 0.25) is 15.8 Å². The Morgan fingerprint density at radius 1 is 0.839 bits per heavy atom. The molecule has 3 aromatic carbocycles. The number of aromatic amines is 1. The molecule has 0 unspecified atom stereocenters. The van der Waals surface area contributed by atoms with Crippen LogP contribution in [-0.2, 0) is 23.1 Å². The average molecular weight is 474 g/mol. The smallest absolute Gasteiger partial charge is 0.207 e. The number of aromatic nitrogens is 4. The van der Waals surface area contributed by atoms with Crippen molar-refractivity contribution in [3.05, 3.63) is 94.0 Å². The van der Waals surface area contributed by atoms with E-state index in [1.54, 1.807) is 0 Å². The van der Waals surface area contributed by atoms with E-state index in [9.17, 15) is 8.42 Å². The van der Waals surface area contributed by atoms with Gasteiger partial charge in [-0.1, -0.05) is 77.8 Å². The van der Waals surface area contributed by atoms with Crippen molar-refractivity contribution in [3.63, 3.8) is 0 Å². The number of halogens is 2. The molecule has 4 rings (SSSR count). The van der Waals surface area contributed by atoms with Gasteiger partial charge < -0.3 is 0 Å². The minimum atomic E-state index is -3.84. The predicted octanol–water partition coefficient (Wildman–Crippen LogP) is 4.56. The summed E-state index contributed by atoms with van der Waals surface area (Å²) in [6.45, 7) is 0.375. The summed E-state index contributed by atoms with van der Waals surface area (Å²) in [6, 6.07) is 21.1. The fourth-order valence-electron chi connectivity index (χ4n) is 3.05. The summed E-state index contributed by atoms with van der Waals surface area (Å²) in [5.74, 6) is 0.469. The van der Waals surface area contributed by atoms with Gasteiger partial charge >= 0.3 is 0 Å². The van der Waals surface area contributed by atoms with E-state index in [-0.39, 0.29) is 23.0 Å². The molecule has 1 heterocycles. The summed E-state index contributed by atoms with van der Waals surface area (Å²) in [5, 5.41) is 14.3. The SMILES string of the molecule is O=S(=O)(c1ccc(Cl)c(Cl)c1)N(Cc1ccccc1)Cc1ccc(-c2nn[nH]n2)cc1. The van der Waals surface area contributed by atoms with E-state index in [0.29, 0.717) is 10.8 Å². The van der Waals surface area contributed by atoms with Crippen LogP contribution in [0.3, 0.4) is 0 Å². The van der Waals surface area contributed by atoms with Crippen molar-refractivity contribution < 1.29 is 8.42 Å². The summed E-state index contributed by atoms with van der Waals surface area (Å²) in [7, 11) is -3.84. The van der Waals surface area contributed by atoms with Gasteiger partial charge in [-0.15, -0.1) is 10.2 Å². The van der Waals surface area contributed by atoms with Crippen molar-refractivity contribution in [3.8, 4) is 11.4 Å². The Balaban J connectivity index is 1.66. The number of rotatable bonds is 7. The predicted molar refractivity (Wildman–Crippen MR) is 119 cm³/mol. The molecule has 0 radical (unpaired) electrons. The average Bonchev–Trinajstić information content (AvgIpc) is 3.31. The van der Waals surface area contributed by atoms with Crippen LogP contribution >= 0.6 is 23.2 Å². The topological polar surface area (TPSA) is 91.8 Å². The van der Waals surface area contributed by atoms with Crippen LogP contribution in [0.5, 0.6) is 0 Å². The maximum absolute atomic E-state index is 13.5. The van der Waals surface area contributed by atoms with E-state index in [0.717, 1.165) is 16.7 Å². The normalized spacial score (nSPS) is 11.7. The largest absolute Gasteiger partial charge is 0.243 e. The first-order chi connectivity index (χ1) is 14.9. The van der Waals surface area contributed by atoms with Crippen LogP contribution in [0.15, 0.2) is 77.7 Å². The molecule has 31 heavy (non-hydrogen) atoms. The number of tetrazole rings is 1. The van der Waals surface area contributed by atoms with Crippen molar-refractivity contribution in [1.82, 2.24) is 24.9 Å².